The molecule has 0 aliphatic heterocycles. The van der Waals surface area contributed by atoms with Crippen LogP contribution in [0.3, 0.4) is 0 Å². The molecule has 0 amide bonds. The summed E-state index contributed by atoms with van der Waals surface area (Å²) >= 11 is 0. The van der Waals surface area contributed by atoms with Gasteiger partial charge in [0.05, 0.1) is 6.26 Å². The van der Waals surface area contributed by atoms with E-state index < -0.39 is 12.6 Å². The van der Waals surface area contributed by atoms with Gasteiger partial charge in [-0.25, -0.2) is 0 Å². The van der Waals surface area contributed by atoms with Crippen molar-refractivity contribution >= 4 is 0 Å². The van der Waals surface area contributed by atoms with Crippen molar-refractivity contribution in [2.75, 3.05) is 6.54 Å². The summed E-state index contributed by atoms with van der Waals surface area (Å²) in [6.07, 6.45) is -2.62. The average molecular weight is 249 g/mol. The highest BCUT2D eigenvalue weighted by Gasteiger charge is 2.29. The molecule has 0 spiro atoms. The summed E-state index contributed by atoms with van der Waals surface area (Å²) in [5, 5.41) is 3.07. The van der Waals surface area contributed by atoms with Crippen LogP contribution in [0.25, 0.3) is 0 Å². The Kier molecular flexibility index (Phi) is 5.05. The number of furan rings is 1. The Bertz CT molecular complexity index is 333. The number of alkyl halides is 3. The quantitative estimate of drug-likeness (QED) is 0.828. The van der Waals surface area contributed by atoms with Crippen LogP contribution >= 0.6 is 0 Å². The fourth-order valence-electron chi connectivity index (χ4n) is 1.87. The fraction of sp³-hybridized carbons (Fsp3) is 0.667. The molecule has 0 aliphatic carbocycles. The fourth-order valence-corrected chi connectivity index (χ4v) is 1.87. The second-order valence-corrected chi connectivity index (χ2v) is 3.92. The maximum Gasteiger partial charge on any atom is 0.389 e. The lowest BCUT2D eigenvalue weighted by atomic mass is 10.0. The van der Waals surface area contributed by atoms with Crippen molar-refractivity contribution in [3.8, 4) is 0 Å². The zero-order valence-corrected chi connectivity index (χ0v) is 10.1. The maximum atomic E-state index is 12.2. The Morgan fingerprint density at radius 2 is 2.06 bits per heavy atom. The van der Waals surface area contributed by atoms with E-state index in [2.05, 4.69) is 5.32 Å². The lowest BCUT2D eigenvalue weighted by Gasteiger charge is -2.18. The van der Waals surface area contributed by atoms with Gasteiger partial charge in [0, 0.05) is 24.4 Å². The van der Waals surface area contributed by atoms with Crippen molar-refractivity contribution in [2.45, 2.75) is 45.3 Å². The second-order valence-electron chi connectivity index (χ2n) is 3.92. The molecule has 0 saturated carbocycles. The highest BCUT2D eigenvalue weighted by atomic mass is 19.4. The molecule has 98 valence electrons. The maximum absolute atomic E-state index is 12.2. The van der Waals surface area contributed by atoms with Gasteiger partial charge >= 0.3 is 6.18 Å². The first-order valence-corrected chi connectivity index (χ1v) is 5.84. The summed E-state index contributed by atoms with van der Waals surface area (Å²) in [7, 11) is 0. The van der Waals surface area contributed by atoms with E-state index in [1.165, 1.54) is 6.26 Å². The molecule has 17 heavy (non-hydrogen) atoms. The van der Waals surface area contributed by atoms with Crippen LogP contribution in [0.15, 0.2) is 16.7 Å². The molecule has 0 aromatic carbocycles. The Labute approximate surface area is 99.2 Å². The Morgan fingerprint density at radius 1 is 1.35 bits per heavy atom. The van der Waals surface area contributed by atoms with Gasteiger partial charge in [0.25, 0.3) is 0 Å². The topological polar surface area (TPSA) is 25.2 Å². The standard InChI is InChI=1S/C12H18F3NO/c1-3-11-9(6-8-17-11)10(16-4-2)5-7-12(13,14)15/h6,8,10,16H,3-5,7H2,1-2H3. The van der Waals surface area contributed by atoms with Gasteiger partial charge in [-0.1, -0.05) is 13.8 Å². The lowest BCUT2D eigenvalue weighted by Crippen LogP contribution is -2.23. The van der Waals surface area contributed by atoms with Crippen molar-refractivity contribution in [3.05, 3.63) is 23.7 Å². The van der Waals surface area contributed by atoms with Gasteiger partial charge in [-0.15, -0.1) is 0 Å². The highest BCUT2D eigenvalue weighted by Crippen LogP contribution is 2.29. The van der Waals surface area contributed by atoms with E-state index in [4.69, 9.17) is 4.42 Å². The number of halogens is 3. The molecule has 0 radical (unpaired) electrons. The minimum atomic E-state index is -4.11. The van der Waals surface area contributed by atoms with Crippen molar-refractivity contribution in [2.24, 2.45) is 0 Å². The number of hydrogen-bond donors (Lipinski definition) is 1. The summed E-state index contributed by atoms with van der Waals surface area (Å²) in [5.41, 5.74) is 0.846. The van der Waals surface area contributed by atoms with Crippen molar-refractivity contribution in [3.63, 3.8) is 0 Å². The van der Waals surface area contributed by atoms with Crippen molar-refractivity contribution in [1.82, 2.24) is 5.32 Å². The lowest BCUT2D eigenvalue weighted by molar-refractivity contribution is -0.136. The van der Waals surface area contributed by atoms with Gasteiger partial charge < -0.3 is 9.73 Å². The van der Waals surface area contributed by atoms with E-state index >= 15 is 0 Å². The summed E-state index contributed by atoms with van der Waals surface area (Å²) in [5.74, 6) is 0.762. The highest BCUT2D eigenvalue weighted by molar-refractivity contribution is 5.21. The van der Waals surface area contributed by atoms with Gasteiger partial charge in [-0.2, -0.15) is 13.2 Å². The first kappa shape index (κ1) is 14.1. The molecule has 0 fully saturated rings. The van der Waals surface area contributed by atoms with Crippen LogP contribution in [0.2, 0.25) is 0 Å². The van der Waals surface area contributed by atoms with E-state index in [1.807, 2.05) is 13.8 Å². The third kappa shape index (κ3) is 4.42. The summed E-state index contributed by atoms with van der Waals surface area (Å²) in [6.45, 7) is 4.44. The van der Waals surface area contributed by atoms with Crippen LogP contribution in [-0.4, -0.2) is 12.7 Å². The molecule has 0 aliphatic rings. The van der Waals surface area contributed by atoms with Crippen LogP contribution in [0.1, 0.15) is 44.1 Å². The van der Waals surface area contributed by atoms with Gasteiger partial charge in [-0.3, -0.25) is 0 Å². The first-order chi connectivity index (χ1) is 7.98. The summed E-state index contributed by atoms with van der Waals surface area (Å²) in [4.78, 5) is 0. The molecule has 1 heterocycles. The molecule has 1 rings (SSSR count). The molecule has 1 atom stereocenters. The van der Waals surface area contributed by atoms with E-state index in [0.717, 1.165) is 11.3 Å². The number of aryl methyl sites for hydroxylation is 1. The van der Waals surface area contributed by atoms with Gasteiger partial charge in [0.1, 0.15) is 5.76 Å². The van der Waals surface area contributed by atoms with E-state index in [0.29, 0.717) is 13.0 Å². The molecule has 1 N–H and O–H groups in total. The smallest absolute Gasteiger partial charge is 0.389 e. The normalized spacial score (nSPS) is 13.9. The molecular weight excluding hydrogens is 231 g/mol. The number of hydrogen-bond acceptors (Lipinski definition) is 2. The molecule has 1 unspecified atom stereocenters. The van der Waals surface area contributed by atoms with Crippen LogP contribution in [0.4, 0.5) is 13.2 Å². The molecule has 0 saturated heterocycles. The van der Waals surface area contributed by atoms with Crippen LogP contribution < -0.4 is 5.32 Å². The van der Waals surface area contributed by atoms with E-state index in [-0.39, 0.29) is 12.5 Å². The van der Waals surface area contributed by atoms with Crippen LogP contribution in [-0.2, 0) is 6.42 Å². The summed E-state index contributed by atoms with van der Waals surface area (Å²) in [6, 6.07) is 1.47. The largest absolute Gasteiger partial charge is 0.469 e. The zero-order chi connectivity index (χ0) is 12.9. The molecular formula is C12H18F3NO. The van der Waals surface area contributed by atoms with E-state index in [9.17, 15) is 13.2 Å². The monoisotopic (exact) mass is 249 g/mol. The third-order valence-electron chi connectivity index (χ3n) is 2.64. The van der Waals surface area contributed by atoms with Crippen molar-refractivity contribution < 1.29 is 17.6 Å². The molecule has 0 bridgehead atoms. The van der Waals surface area contributed by atoms with Gasteiger partial charge in [-0.05, 0) is 19.0 Å². The Hall–Kier alpha value is -0.970. The summed E-state index contributed by atoms with van der Waals surface area (Å²) < 4.78 is 41.9. The Morgan fingerprint density at radius 3 is 2.59 bits per heavy atom. The SMILES string of the molecule is CCNC(CCC(F)(F)F)c1ccoc1CC. The van der Waals surface area contributed by atoms with Crippen molar-refractivity contribution in [1.29, 1.82) is 0 Å². The predicted octanol–water partition coefficient (Wildman–Crippen LogP) is 3.84. The first-order valence-electron chi connectivity index (χ1n) is 5.84. The van der Waals surface area contributed by atoms with E-state index in [1.54, 1.807) is 6.07 Å². The number of nitrogens with one attached hydrogen (secondary N) is 1. The third-order valence-corrected chi connectivity index (χ3v) is 2.64. The van der Waals surface area contributed by atoms with Crippen LogP contribution in [0, 0.1) is 0 Å². The van der Waals surface area contributed by atoms with Gasteiger partial charge in [0.15, 0.2) is 0 Å². The Balaban J connectivity index is 2.71. The van der Waals surface area contributed by atoms with Crippen LogP contribution in [0.5, 0.6) is 0 Å². The van der Waals surface area contributed by atoms with Gasteiger partial charge in [0.2, 0.25) is 0 Å². The molecule has 1 aromatic heterocycles. The molecule has 2 nitrogen and oxygen atoms in total. The predicted molar refractivity (Wildman–Crippen MR) is 59.8 cm³/mol. The number of rotatable bonds is 6. The zero-order valence-electron chi connectivity index (χ0n) is 10.1. The molecule has 5 heteroatoms. The second kappa shape index (κ2) is 6.10. The minimum Gasteiger partial charge on any atom is -0.469 e. The molecule has 1 aromatic rings. The minimum absolute atomic E-state index is 0.0455. The average Bonchev–Trinajstić information content (AvgIpc) is 2.70.